The molecule has 0 bridgehead atoms. The van der Waals surface area contributed by atoms with E-state index in [-0.39, 0.29) is 11.3 Å². The van der Waals surface area contributed by atoms with Gasteiger partial charge in [-0.1, -0.05) is 19.4 Å². The van der Waals surface area contributed by atoms with E-state index in [2.05, 4.69) is 6.92 Å². The average molecular weight is 293 g/mol. The third kappa shape index (κ3) is 4.91. The molecule has 0 fully saturated rings. The van der Waals surface area contributed by atoms with Gasteiger partial charge in [0.1, 0.15) is 5.75 Å². The van der Waals surface area contributed by atoms with Crippen molar-refractivity contribution < 1.29 is 19.2 Å². The molecule has 0 aromatic heterocycles. The molecule has 1 aromatic rings. The number of allylic oxidation sites excluding steroid dienone is 1. The molecule has 0 amide bonds. The summed E-state index contributed by atoms with van der Waals surface area (Å²) in [4.78, 5) is 22.0. The summed E-state index contributed by atoms with van der Waals surface area (Å²) in [5.74, 6) is -0.0157. The van der Waals surface area contributed by atoms with Crippen LogP contribution in [0.15, 0.2) is 23.9 Å². The smallest absolute Gasteiger partial charge is 0.338 e. The summed E-state index contributed by atoms with van der Waals surface area (Å²) in [5, 5.41) is 10.7. The predicted molar refractivity (Wildman–Crippen MR) is 78.8 cm³/mol. The van der Waals surface area contributed by atoms with Gasteiger partial charge < -0.3 is 9.47 Å². The number of carbonyl (C=O) groups excluding carboxylic acids is 1. The maximum Gasteiger partial charge on any atom is 0.338 e. The minimum Gasteiger partial charge on any atom is -0.494 e. The lowest BCUT2D eigenvalue weighted by Gasteiger charge is -2.09. The Balaban J connectivity index is 3.11. The molecule has 0 aliphatic carbocycles. The molecule has 0 N–H and O–H groups in total. The largest absolute Gasteiger partial charge is 0.494 e. The van der Waals surface area contributed by atoms with Crippen LogP contribution in [0.25, 0.3) is 6.08 Å². The van der Waals surface area contributed by atoms with Crippen molar-refractivity contribution in [2.75, 3.05) is 13.7 Å². The fourth-order valence-electron chi connectivity index (χ4n) is 1.65. The summed E-state index contributed by atoms with van der Waals surface area (Å²) in [6.07, 6.45) is 3.25. The number of esters is 1. The van der Waals surface area contributed by atoms with Crippen molar-refractivity contribution in [1.82, 2.24) is 0 Å². The van der Waals surface area contributed by atoms with Gasteiger partial charge in [0, 0.05) is 13.0 Å². The van der Waals surface area contributed by atoms with Crippen LogP contribution < -0.4 is 4.74 Å². The van der Waals surface area contributed by atoms with Crippen molar-refractivity contribution >= 4 is 12.0 Å². The second-order valence-electron chi connectivity index (χ2n) is 4.49. The van der Waals surface area contributed by atoms with Gasteiger partial charge in [0.15, 0.2) is 0 Å². The summed E-state index contributed by atoms with van der Waals surface area (Å²) >= 11 is 0. The highest BCUT2D eigenvalue weighted by Crippen LogP contribution is 2.21. The lowest BCUT2D eigenvalue weighted by atomic mass is 10.1. The van der Waals surface area contributed by atoms with E-state index < -0.39 is 10.9 Å². The fourth-order valence-corrected chi connectivity index (χ4v) is 1.65. The molecule has 114 valence electrons. The van der Waals surface area contributed by atoms with Gasteiger partial charge in [-0.15, -0.1) is 0 Å². The van der Waals surface area contributed by atoms with E-state index in [0.29, 0.717) is 17.9 Å². The number of nitro groups is 1. The summed E-state index contributed by atoms with van der Waals surface area (Å²) in [5.41, 5.74) is 0.617. The van der Waals surface area contributed by atoms with Gasteiger partial charge in [0.05, 0.1) is 24.2 Å². The number of benzene rings is 1. The highest BCUT2D eigenvalue weighted by molar-refractivity contribution is 5.94. The molecule has 21 heavy (non-hydrogen) atoms. The van der Waals surface area contributed by atoms with Crippen LogP contribution in [0.3, 0.4) is 0 Å². The lowest BCUT2D eigenvalue weighted by Crippen LogP contribution is -2.06. The molecule has 0 radical (unpaired) electrons. The number of hydrogen-bond acceptors (Lipinski definition) is 5. The number of carbonyl (C=O) groups is 1. The van der Waals surface area contributed by atoms with Crippen molar-refractivity contribution in [3.63, 3.8) is 0 Å². The van der Waals surface area contributed by atoms with Crippen LogP contribution in [0.4, 0.5) is 0 Å². The first-order valence-electron chi connectivity index (χ1n) is 6.67. The molecule has 6 heteroatoms. The molecular weight excluding hydrogens is 274 g/mol. The van der Waals surface area contributed by atoms with Crippen LogP contribution in [0.1, 0.15) is 42.6 Å². The van der Waals surface area contributed by atoms with Crippen molar-refractivity contribution in [2.45, 2.75) is 26.7 Å². The Bertz CT molecular complexity index is 551. The van der Waals surface area contributed by atoms with E-state index in [9.17, 15) is 14.9 Å². The molecule has 0 saturated carbocycles. The minimum atomic E-state index is -0.557. The minimum absolute atomic E-state index is 0.0557. The highest BCUT2D eigenvalue weighted by atomic mass is 16.6. The predicted octanol–water partition coefficient (Wildman–Crippen LogP) is 3.29. The SMILES string of the molecule is CCCCOc1ccc(C=C(C)[N+](=O)[O-])c(C(=O)OC)c1. The molecule has 1 aromatic carbocycles. The Hall–Kier alpha value is -2.37. The first-order chi connectivity index (χ1) is 9.99. The van der Waals surface area contributed by atoms with Crippen LogP contribution in [-0.4, -0.2) is 24.6 Å². The average Bonchev–Trinajstić information content (AvgIpc) is 2.47. The Kier molecular flexibility index (Phi) is 6.39. The van der Waals surface area contributed by atoms with E-state index in [1.54, 1.807) is 18.2 Å². The van der Waals surface area contributed by atoms with E-state index in [4.69, 9.17) is 9.47 Å². The van der Waals surface area contributed by atoms with Crippen molar-refractivity contribution in [1.29, 1.82) is 0 Å². The number of nitrogens with zero attached hydrogens (tertiary/aromatic N) is 1. The maximum absolute atomic E-state index is 11.8. The molecule has 0 spiro atoms. The molecule has 0 heterocycles. The molecule has 0 aliphatic heterocycles. The molecule has 0 atom stereocenters. The summed E-state index contributed by atoms with van der Waals surface area (Å²) in [6, 6.07) is 4.84. The van der Waals surface area contributed by atoms with Crippen LogP contribution >= 0.6 is 0 Å². The van der Waals surface area contributed by atoms with E-state index in [0.717, 1.165) is 12.8 Å². The topological polar surface area (TPSA) is 78.7 Å². The van der Waals surface area contributed by atoms with Gasteiger partial charge in [-0.25, -0.2) is 4.79 Å². The Morgan fingerprint density at radius 3 is 2.71 bits per heavy atom. The van der Waals surface area contributed by atoms with Gasteiger partial charge in [-0.2, -0.15) is 0 Å². The molecule has 1 rings (SSSR count). The van der Waals surface area contributed by atoms with Crippen molar-refractivity contribution in [2.24, 2.45) is 0 Å². The number of rotatable bonds is 7. The third-order valence-electron chi connectivity index (χ3n) is 2.85. The Morgan fingerprint density at radius 2 is 2.14 bits per heavy atom. The first kappa shape index (κ1) is 16.7. The zero-order valence-corrected chi connectivity index (χ0v) is 12.4. The number of ether oxygens (including phenoxy) is 2. The van der Waals surface area contributed by atoms with Crippen LogP contribution in [0, 0.1) is 10.1 Å². The second-order valence-corrected chi connectivity index (χ2v) is 4.49. The van der Waals surface area contributed by atoms with E-state index in [1.807, 2.05) is 0 Å². The zero-order chi connectivity index (χ0) is 15.8. The number of hydrogen-bond donors (Lipinski definition) is 0. The summed E-state index contributed by atoms with van der Waals surface area (Å²) in [7, 11) is 1.26. The normalized spacial score (nSPS) is 11.1. The van der Waals surface area contributed by atoms with Gasteiger partial charge in [0.2, 0.25) is 5.70 Å². The van der Waals surface area contributed by atoms with Crippen LogP contribution in [-0.2, 0) is 4.74 Å². The summed E-state index contributed by atoms with van der Waals surface area (Å²) < 4.78 is 10.2. The monoisotopic (exact) mass is 293 g/mol. The van der Waals surface area contributed by atoms with Crippen molar-refractivity contribution in [3.05, 3.63) is 45.1 Å². The highest BCUT2D eigenvalue weighted by Gasteiger charge is 2.14. The van der Waals surface area contributed by atoms with Crippen LogP contribution in [0.5, 0.6) is 5.75 Å². The van der Waals surface area contributed by atoms with E-state index in [1.165, 1.54) is 20.1 Å². The zero-order valence-electron chi connectivity index (χ0n) is 12.4. The molecular formula is C15H19NO5. The van der Waals surface area contributed by atoms with Gasteiger partial charge in [-0.3, -0.25) is 10.1 Å². The van der Waals surface area contributed by atoms with E-state index >= 15 is 0 Å². The van der Waals surface area contributed by atoms with Crippen molar-refractivity contribution in [3.8, 4) is 5.75 Å². The van der Waals surface area contributed by atoms with Gasteiger partial charge >= 0.3 is 5.97 Å². The van der Waals surface area contributed by atoms with Gasteiger partial charge in [0.25, 0.3) is 0 Å². The third-order valence-corrected chi connectivity index (χ3v) is 2.85. The summed E-state index contributed by atoms with van der Waals surface area (Å²) in [6.45, 7) is 3.98. The molecule has 0 unspecified atom stereocenters. The number of methoxy groups -OCH3 is 1. The Morgan fingerprint density at radius 1 is 1.43 bits per heavy atom. The fraction of sp³-hybridized carbons (Fsp3) is 0.400. The molecule has 6 nitrogen and oxygen atoms in total. The first-order valence-corrected chi connectivity index (χ1v) is 6.67. The van der Waals surface area contributed by atoms with Crippen LogP contribution in [0.2, 0.25) is 0 Å². The van der Waals surface area contributed by atoms with Gasteiger partial charge in [-0.05, 0) is 24.1 Å². The quantitative estimate of drug-likeness (QED) is 0.333. The molecule has 0 aliphatic rings. The number of unbranched alkanes of at least 4 members (excludes halogenated alkanes) is 1. The molecule has 0 saturated heterocycles. The maximum atomic E-state index is 11.8. The Labute approximate surface area is 123 Å². The standard InChI is InChI=1S/C15H19NO5/c1-4-5-8-21-13-7-6-12(9-11(2)16(18)19)14(10-13)15(17)20-3/h6-7,9-10H,4-5,8H2,1-3H3. The second kappa shape index (κ2) is 8.04. The lowest BCUT2D eigenvalue weighted by molar-refractivity contribution is -0.422.